The Morgan fingerprint density at radius 3 is 2.83 bits per heavy atom. The van der Waals surface area contributed by atoms with Gasteiger partial charge in [0.15, 0.2) is 0 Å². The predicted molar refractivity (Wildman–Crippen MR) is 100 cm³/mol. The van der Waals surface area contributed by atoms with Gasteiger partial charge in [0.2, 0.25) is 0 Å². The number of amides is 2. The van der Waals surface area contributed by atoms with Crippen molar-refractivity contribution in [1.29, 1.82) is 0 Å². The van der Waals surface area contributed by atoms with Crippen LogP contribution < -0.4 is 5.32 Å². The van der Waals surface area contributed by atoms with Gasteiger partial charge >= 0.3 is 6.03 Å². The summed E-state index contributed by atoms with van der Waals surface area (Å²) in [6, 6.07) is 12.3. The van der Waals surface area contributed by atoms with E-state index in [0.717, 1.165) is 17.7 Å². The minimum absolute atomic E-state index is 0.0651. The zero-order chi connectivity index (χ0) is 17.5. The van der Waals surface area contributed by atoms with Gasteiger partial charge in [-0.05, 0) is 55.5 Å². The number of aromatic nitrogens is 1. The monoisotopic (exact) mass is 343 g/mol. The van der Waals surface area contributed by atoms with Crippen molar-refractivity contribution in [3.05, 3.63) is 59.4 Å². The van der Waals surface area contributed by atoms with Crippen LogP contribution in [0.2, 0.25) is 0 Å². The molecule has 0 aliphatic rings. The minimum atomic E-state index is -0.0651. The van der Waals surface area contributed by atoms with Gasteiger partial charge in [0.1, 0.15) is 0 Å². The molecule has 0 spiro atoms. The molecule has 0 aliphatic heterocycles. The van der Waals surface area contributed by atoms with Gasteiger partial charge in [0, 0.05) is 42.8 Å². The molecule has 0 saturated heterocycles. The summed E-state index contributed by atoms with van der Waals surface area (Å²) in [4.78, 5) is 19.7. The smallest absolute Gasteiger partial charge is 0.317 e. The third-order valence-electron chi connectivity index (χ3n) is 4.04. The first-order valence-corrected chi connectivity index (χ1v) is 9.27. The minimum Gasteiger partial charge on any atom is -0.334 e. The number of likely N-dealkylation sites (N-methyl/N-ethyl adjacent to an activating group) is 1. The van der Waals surface area contributed by atoms with Crippen LogP contribution >= 0.6 is 11.8 Å². The lowest BCUT2D eigenvalue weighted by Gasteiger charge is -2.25. The highest BCUT2D eigenvalue weighted by molar-refractivity contribution is 7.98. The van der Waals surface area contributed by atoms with Crippen LogP contribution in [0.1, 0.15) is 23.7 Å². The Kier molecular flexibility index (Phi) is 6.67. The predicted octanol–water partition coefficient (Wildman–Crippen LogP) is 3.88. The van der Waals surface area contributed by atoms with Gasteiger partial charge in [-0.25, -0.2) is 4.79 Å². The van der Waals surface area contributed by atoms with Crippen molar-refractivity contribution < 1.29 is 4.79 Å². The molecule has 0 fully saturated rings. The molecule has 1 aromatic heterocycles. The fourth-order valence-electron chi connectivity index (χ4n) is 2.43. The lowest BCUT2D eigenvalue weighted by atomic mass is 10.1. The van der Waals surface area contributed by atoms with Crippen LogP contribution in [0.15, 0.2) is 47.5 Å². The van der Waals surface area contributed by atoms with Gasteiger partial charge in [-0.2, -0.15) is 0 Å². The molecule has 0 radical (unpaired) electrons. The molecule has 0 bridgehead atoms. The molecule has 1 atom stereocenters. The van der Waals surface area contributed by atoms with Gasteiger partial charge in [-0.3, -0.25) is 4.98 Å². The molecule has 0 unspecified atom stereocenters. The zero-order valence-electron chi connectivity index (χ0n) is 14.7. The molecular formula is C19H25N3OS. The number of nitrogens with zero attached hydrogens (tertiary/aromatic N) is 2. The Morgan fingerprint density at radius 2 is 2.12 bits per heavy atom. The second-order valence-corrected chi connectivity index (χ2v) is 6.88. The first kappa shape index (κ1) is 18.3. The van der Waals surface area contributed by atoms with Gasteiger partial charge in [0.05, 0.1) is 0 Å². The maximum atomic E-state index is 12.4. The molecule has 0 saturated carbocycles. The number of urea groups is 1. The van der Waals surface area contributed by atoms with Crippen LogP contribution in [-0.4, -0.2) is 35.3 Å². The van der Waals surface area contributed by atoms with Crippen molar-refractivity contribution in [3.8, 4) is 0 Å². The average molecular weight is 343 g/mol. The third-order valence-corrected chi connectivity index (χ3v) is 4.76. The van der Waals surface area contributed by atoms with E-state index in [1.807, 2.05) is 44.6 Å². The summed E-state index contributed by atoms with van der Waals surface area (Å²) >= 11 is 1.70. The van der Waals surface area contributed by atoms with Crippen molar-refractivity contribution in [3.63, 3.8) is 0 Å². The van der Waals surface area contributed by atoms with Crippen LogP contribution in [0.4, 0.5) is 4.79 Å². The molecule has 1 aromatic carbocycles. The van der Waals surface area contributed by atoms with Crippen molar-refractivity contribution in [1.82, 2.24) is 15.2 Å². The van der Waals surface area contributed by atoms with Gasteiger partial charge < -0.3 is 10.2 Å². The van der Waals surface area contributed by atoms with E-state index in [2.05, 4.69) is 35.4 Å². The van der Waals surface area contributed by atoms with Crippen molar-refractivity contribution in [2.24, 2.45) is 0 Å². The van der Waals surface area contributed by atoms with Gasteiger partial charge in [0.25, 0.3) is 0 Å². The number of rotatable bonds is 6. The Morgan fingerprint density at radius 1 is 1.33 bits per heavy atom. The van der Waals surface area contributed by atoms with E-state index in [9.17, 15) is 4.79 Å². The summed E-state index contributed by atoms with van der Waals surface area (Å²) < 4.78 is 0. The summed E-state index contributed by atoms with van der Waals surface area (Å²) in [7, 11) is 1.83. The molecular weight excluding hydrogens is 318 g/mol. The van der Waals surface area contributed by atoms with Crippen LogP contribution in [-0.2, 0) is 13.0 Å². The summed E-state index contributed by atoms with van der Waals surface area (Å²) in [6.07, 6.45) is 4.61. The fourth-order valence-corrected chi connectivity index (χ4v) is 2.92. The lowest BCUT2D eigenvalue weighted by Crippen LogP contribution is -2.43. The Labute approximate surface area is 148 Å². The Bertz CT molecular complexity index is 690. The maximum Gasteiger partial charge on any atom is 0.317 e. The second-order valence-electron chi connectivity index (χ2n) is 6.00. The first-order valence-electron chi connectivity index (χ1n) is 8.04. The zero-order valence-corrected chi connectivity index (χ0v) is 15.6. The number of aryl methyl sites for hydroxylation is 1. The van der Waals surface area contributed by atoms with Crippen LogP contribution in [0, 0.1) is 6.92 Å². The molecule has 4 nitrogen and oxygen atoms in total. The standard InChI is InChI=1S/C19H25N3OS/c1-14-8-9-20-17(10-14)11-15(2)22(3)19(23)21-13-16-6-5-7-18(12-16)24-4/h5-10,12,15H,11,13H2,1-4H3,(H,21,23)/t15-/m1/s1. The van der Waals surface area contributed by atoms with E-state index >= 15 is 0 Å². The topological polar surface area (TPSA) is 45.2 Å². The molecule has 2 aromatic rings. The highest BCUT2D eigenvalue weighted by Crippen LogP contribution is 2.15. The molecule has 24 heavy (non-hydrogen) atoms. The van der Waals surface area contributed by atoms with E-state index in [4.69, 9.17) is 0 Å². The Balaban J connectivity index is 1.88. The number of hydrogen-bond donors (Lipinski definition) is 1. The summed E-state index contributed by atoms with van der Waals surface area (Å²) in [5.41, 5.74) is 3.31. The van der Waals surface area contributed by atoms with E-state index in [1.54, 1.807) is 16.7 Å². The van der Waals surface area contributed by atoms with Gasteiger partial charge in [-0.1, -0.05) is 12.1 Å². The van der Waals surface area contributed by atoms with Gasteiger partial charge in [-0.15, -0.1) is 11.8 Å². The summed E-state index contributed by atoms with van der Waals surface area (Å²) in [5.74, 6) is 0. The summed E-state index contributed by atoms with van der Waals surface area (Å²) in [5, 5.41) is 2.99. The molecule has 0 aliphatic carbocycles. The van der Waals surface area contributed by atoms with E-state index < -0.39 is 0 Å². The molecule has 128 valence electrons. The first-order chi connectivity index (χ1) is 11.5. The third kappa shape index (κ3) is 5.27. The molecule has 2 rings (SSSR count). The van der Waals surface area contributed by atoms with E-state index in [0.29, 0.717) is 6.54 Å². The highest BCUT2D eigenvalue weighted by atomic mass is 32.2. The number of hydrogen-bond acceptors (Lipinski definition) is 3. The molecule has 5 heteroatoms. The quantitative estimate of drug-likeness (QED) is 0.810. The normalized spacial score (nSPS) is 11.8. The number of nitrogens with one attached hydrogen (secondary N) is 1. The van der Waals surface area contributed by atoms with E-state index in [-0.39, 0.29) is 12.1 Å². The Hall–Kier alpha value is -2.01. The van der Waals surface area contributed by atoms with Crippen LogP contribution in [0.3, 0.4) is 0 Å². The van der Waals surface area contributed by atoms with Crippen molar-refractivity contribution >= 4 is 17.8 Å². The fraction of sp³-hybridized carbons (Fsp3) is 0.368. The van der Waals surface area contributed by atoms with E-state index in [1.165, 1.54) is 10.5 Å². The number of thioether (sulfide) groups is 1. The maximum absolute atomic E-state index is 12.4. The molecule has 1 N–H and O–H groups in total. The number of carbonyl (C=O) groups excluding carboxylic acids is 1. The average Bonchev–Trinajstić information content (AvgIpc) is 2.59. The lowest BCUT2D eigenvalue weighted by molar-refractivity contribution is 0.193. The highest BCUT2D eigenvalue weighted by Gasteiger charge is 2.16. The number of benzene rings is 1. The van der Waals surface area contributed by atoms with Crippen molar-refractivity contribution in [2.75, 3.05) is 13.3 Å². The SMILES string of the molecule is CSc1cccc(CNC(=O)N(C)[C@H](C)Cc2cc(C)ccn2)c1. The number of carbonyl (C=O) groups is 1. The van der Waals surface area contributed by atoms with Crippen LogP contribution in [0.25, 0.3) is 0 Å². The molecule has 1 heterocycles. The second kappa shape index (κ2) is 8.73. The largest absolute Gasteiger partial charge is 0.334 e. The molecule has 2 amide bonds. The van der Waals surface area contributed by atoms with Crippen LogP contribution in [0.5, 0.6) is 0 Å². The number of pyridine rings is 1. The van der Waals surface area contributed by atoms with Crippen molar-refractivity contribution in [2.45, 2.75) is 37.8 Å². The summed E-state index contributed by atoms with van der Waals surface area (Å²) in [6.45, 7) is 4.62.